The van der Waals surface area contributed by atoms with Gasteiger partial charge in [-0.25, -0.2) is 19.6 Å². The summed E-state index contributed by atoms with van der Waals surface area (Å²) in [6, 6.07) is 10.3. The second kappa shape index (κ2) is 18.9. The summed E-state index contributed by atoms with van der Waals surface area (Å²) in [6.07, 6.45) is 8.26. The van der Waals surface area contributed by atoms with E-state index in [9.17, 15) is 27.9 Å². The highest BCUT2D eigenvalue weighted by atomic mass is 19.4. The maximum absolute atomic E-state index is 13.5. The van der Waals surface area contributed by atoms with Gasteiger partial charge in [0.25, 0.3) is 0 Å². The maximum atomic E-state index is 13.5. The quantitative estimate of drug-likeness (QED) is 0.0967. The van der Waals surface area contributed by atoms with E-state index >= 15 is 0 Å². The summed E-state index contributed by atoms with van der Waals surface area (Å²) in [6.45, 7) is 4.75. The van der Waals surface area contributed by atoms with Crippen LogP contribution in [0, 0.1) is 0 Å². The minimum absolute atomic E-state index is 0.00797. The van der Waals surface area contributed by atoms with Gasteiger partial charge in [0.1, 0.15) is 0 Å². The monoisotopic (exact) mass is 642 g/mol. The lowest BCUT2D eigenvalue weighted by Gasteiger charge is -2.20. The number of carboxylic acid groups (broad SMARTS) is 1. The van der Waals surface area contributed by atoms with Crippen LogP contribution < -0.4 is 4.74 Å². The number of carbonyl (C=O) groups is 2. The third kappa shape index (κ3) is 11.8. The fourth-order valence-corrected chi connectivity index (χ4v) is 5.10. The van der Waals surface area contributed by atoms with E-state index < -0.39 is 24.2 Å². The Bertz CT molecular complexity index is 1360. The van der Waals surface area contributed by atoms with Gasteiger partial charge in [0.05, 0.1) is 30.1 Å². The zero-order chi connectivity index (χ0) is 33.4. The molecule has 2 aromatic carbocycles. The molecule has 46 heavy (non-hydrogen) atoms. The van der Waals surface area contributed by atoms with Gasteiger partial charge in [0, 0.05) is 5.56 Å². The molecule has 0 radical (unpaired) electrons. The van der Waals surface area contributed by atoms with Gasteiger partial charge < -0.3 is 14.6 Å². The number of halogens is 3. The van der Waals surface area contributed by atoms with Crippen LogP contribution in [0.5, 0.6) is 5.75 Å². The Morgan fingerprint density at radius 1 is 0.783 bits per heavy atom. The van der Waals surface area contributed by atoms with Gasteiger partial charge >= 0.3 is 18.1 Å². The number of esters is 1. The standard InChI is InChI=1S/C36H45F3N2O5/c1-3-5-7-9-10-11-12-14-22-45-29-24-40-33(41-25-29)28-20-21-30(34(42)43)31(23-28)26-16-18-27(19-17-26)35(44)46-32(36(37,38)39)15-13-8-6-4-2/h16-21,23-25,32H,3-15,22H2,1-2H3,(H,42,43). The molecule has 3 rings (SSSR count). The highest BCUT2D eigenvalue weighted by Crippen LogP contribution is 2.31. The van der Waals surface area contributed by atoms with Crippen molar-refractivity contribution in [2.75, 3.05) is 6.61 Å². The SMILES string of the molecule is CCCCCCCCCCOc1cnc(-c2ccc(C(=O)O)c(-c3ccc(C(=O)OC(CCCCCC)C(F)(F)F)cc3)c2)nc1. The second-order valence-corrected chi connectivity index (χ2v) is 11.5. The minimum Gasteiger partial charge on any atom is -0.490 e. The number of hydrogen-bond donors (Lipinski definition) is 1. The van der Waals surface area contributed by atoms with E-state index in [1.54, 1.807) is 24.5 Å². The van der Waals surface area contributed by atoms with Gasteiger partial charge in [0.2, 0.25) is 0 Å². The molecule has 0 bridgehead atoms. The molecule has 0 aliphatic heterocycles. The van der Waals surface area contributed by atoms with Crippen LogP contribution in [0.3, 0.4) is 0 Å². The molecule has 250 valence electrons. The number of hydrogen-bond acceptors (Lipinski definition) is 6. The number of benzene rings is 2. The van der Waals surface area contributed by atoms with E-state index in [0.29, 0.717) is 47.7 Å². The fourth-order valence-electron chi connectivity index (χ4n) is 5.10. The predicted molar refractivity (Wildman–Crippen MR) is 172 cm³/mol. The van der Waals surface area contributed by atoms with Crippen molar-refractivity contribution in [1.82, 2.24) is 9.97 Å². The lowest BCUT2D eigenvalue weighted by molar-refractivity contribution is -0.206. The zero-order valence-corrected chi connectivity index (χ0v) is 26.8. The van der Waals surface area contributed by atoms with Gasteiger partial charge in [-0.15, -0.1) is 0 Å². The molecule has 0 aliphatic rings. The summed E-state index contributed by atoms with van der Waals surface area (Å²) < 4.78 is 51.1. The van der Waals surface area contributed by atoms with Crippen LogP contribution in [0.2, 0.25) is 0 Å². The van der Waals surface area contributed by atoms with Crippen LogP contribution in [-0.2, 0) is 4.74 Å². The van der Waals surface area contributed by atoms with Crippen LogP contribution in [-0.4, -0.2) is 45.9 Å². The summed E-state index contributed by atoms with van der Waals surface area (Å²) in [5.41, 5.74) is 1.30. The van der Waals surface area contributed by atoms with E-state index in [-0.39, 0.29) is 17.5 Å². The number of carboxylic acids is 1. The smallest absolute Gasteiger partial charge is 0.425 e. The van der Waals surface area contributed by atoms with Gasteiger partial charge in [-0.1, -0.05) is 96.3 Å². The molecule has 7 nitrogen and oxygen atoms in total. The second-order valence-electron chi connectivity index (χ2n) is 11.5. The summed E-state index contributed by atoms with van der Waals surface area (Å²) in [7, 11) is 0. The first-order valence-electron chi connectivity index (χ1n) is 16.3. The zero-order valence-electron chi connectivity index (χ0n) is 26.8. The normalized spacial score (nSPS) is 12.1. The molecule has 1 N–H and O–H groups in total. The molecule has 0 aliphatic carbocycles. The number of unbranched alkanes of at least 4 members (excludes halogenated alkanes) is 10. The van der Waals surface area contributed by atoms with Gasteiger partial charge in [-0.3, -0.25) is 0 Å². The summed E-state index contributed by atoms with van der Waals surface area (Å²) >= 11 is 0. The van der Waals surface area contributed by atoms with Crippen molar-refractivity contribution in [2.24, 2.45) is 0 Å². The molecular weight excluding hydrogens is 597 g/mol. The van der Waals surface area contributed by atoms with E-state index in [4.69, 9.17) is 9.47 Å². The number of aromatic nitrogens is 2. The average Bonchev–Trinajstić information content (AvgIpc) is 3.05. The third-order valence-corrected chi connectivity index (χ3v) is 7.77. The van der Waals surface area contributed by atoms with Gasteiger partial charge in [-0.2, -0.15) is 13.2 Å². The molecule has 0 spiro atoms. The predicted octanol–water partition coefficient (Wildman–Crippen LogP) is 10.1. The number of nitrogens with zero attached hydrogens (tertiary/aromatic N) is 2. The number of alkyl halides is 3. The Morgan fingerprint density at radius 3 is 1.93 bits per heavy atom. The van der Waals surface area contributed by atoms with Crippen LogP contribution in [0.1, 0.15) is 118 Å². The van der Waals surface area contributed by atoms with Crippen molar-refractivity contribution in [3.05, 3.63) is 66.0 Å². The number of rotatable bonds is 20. The van der Waals surface area contributed by atoms with Crippen molar-refractivity contribution >= 4 is 11.9 Å². The molecule has 1 atom stereocenters. The first-order chi connectivity index (χ1) is 22.1. The molecule has 0 amide bonds. The van der Waals surface area contributed by atoms with Crippen LogP contribution in [0.25, 0.3) is 22.5 Å². The van der Waals surface area contributed by atoms with Gasteiger partial charge in [-0.05, 0) is 54.7 Å². The summed E-state index contributed by atoms with van der Waals surface area (Å²) in [4.78, 5) is 33.4. The fraction of sp³-hybridized carbons (Fsp3) is 0.500. The minimum atomic E-state index is -4.67. The Labute approximate surface area is 269 Å². The molecule has 1 unspecified atom stereocenters. The first kappa shape index (κ1) is 36.5. The van der Waals surface area contributed by atoms with Crippen LogP contribution in [0.15, 0.2) is 54.9 Å². The van der Waals surface area contributed by atoms with E-state index in [2.05, 4.69) is 16.9 Å². The maximum Gasteiger partial charge on any atom is 0.425 e. The Kier molecular flexibility index (Phi) is 15.0. The van der Waals surface area contributed by atoms with E-state index in [1.807, 2.05) is 6.92 Å². The molecule has 0 saturated carbocycles. The molecule has 0 fully saturated rings. The highest BCUT2D eigenvalue weighted by Gasteiger charge is 2.42. The van der Waals surface area contributed by atoms with Crippen molar-refractivity contribution in [2.45, 2.75) is 110 Å². The molecule has 1 heterocycles. The lowest BCUT2D eigenvalue weighted by Crippen LogP contribution is -2.33. The number of aromatic carboxylic acids is 1. The topological polar surface area (TPSA) is 98.6 Å². The number of carbonyl (C=O) groups excluding carboxylic acids is 1. The van der Waals surface area contributed by atoms with Crippen molar-refractivity contribution in [3.63, 3.8) is 0 Å². The number of ether oxygens (including phenoxy) is 2. The molecular formula is C36H45F3N2O5. The Hall–Kier alpha value is -3.95. The van der Waals surface area contributed by atoms with E-state index in [1.165, 1.54) is 68.9 Å². The summed E-state index contributed by atoms with van der Waals surface area (Å²) in [5.74, 6) is -1.33. The van der Waals surface area contributed by atoms with Crippen LogP contribution in [0.4, 0.5) is 13.2 Å². The van der Waals surface area contributed by atoms with Crippen LogP contribution >= 0.6 is 0 Å². The van der Waals surface area contributed by atoms with Crippen molar-refractivity contribution in [1.29, 1.82) is 0 Å². The molecule has 0 saturated heterocycles. The Morgan fingerprint density at radius 2 is 1.35 bits per heavy atom. The lowest BCUT2D eigenvalue weighted by atomic mass is 9.96. The van der Waals surface area contributed by atoms with Crippen molar-refractivity contribution < 1.29 is 37.3 Å². The van der Waals surface area contributed by atoms with E-state index in [0.717, 1.165) is 25.7 Å². The highest BCUT2D eigenvalue weighted by molar-refractivity contribution is 5.97. The Balaban J connectivity index is 1.65. The van der Waals surface area contributed by atoms with Gasteiger partial charge in [0.15, 0.2) is 17.7 Å². The summed E-state index contributed by atoms with van der Waals surface area (Å²) in [5, 5.41) is 9.80. The average molecular weight is 643 g/mol. The van der Waals surface area contributed by atoms with Crippen molar-refractivity contribution in [3.8, 4) is 28.3 Å². The first-order valence-corrected chi connectivity index (χ1v) is 16.3. The molecule has 10 heteroatoms. The molecule has 3 aromatic rings. The largest absolute Gasteiger partial charge is 0.490 e. The third-order valence-electron chi connectivity index (χ3n) is 7.77. The molecule has 1 aromatic heterocycles.